The summed E-state index contributed by atoms with van der Waals surface area (Å²) in [5, 5.41) is 7.09. The lowest BCUT2D eigenvalue weighted by molar-refractivity contribution is 0.247. The summed E-state index contributed by atoms with van der Waals surface area (Å²) < 4.78 is 0. The first-order chi connectivity index (χ1) is 8.63. The molecule has 4 heteroatoms. The van der Waals surface area contributed by atoms with Gasteiger partial charge in [0, 0.05) is 23.7 Å². The Kier molecular flexibility index (Phi) is 5.15. The lowest BCUT2D eigenvalue weighted by Gasteiger charge is -2.24. The van der Waals surface area contributed by atoms with Gasteiger partial charge in [-0.1, -0.05) is 13.8 Å². The largest absolute Gasteiger partial charge is 0.313 e. The molecule has 18 heavy (non-hydrogen) atoms. The highest BCUT2D eigenvalue weighted by Crippen LogP contribution is 2.15. The average Bonchev–Trinajstić information content (AvgIpc) is 2.56. The van der Waals surface area contributed by atoms with Crippen molar-refractivity contribution in [1.29, 1.82) is 0 Å². The van der Waals surface area contributed by atoms with Crippen LogP contribution in [0.2, 0.25) is 0 Å². The van der Waals surface area contributed by atoms with Gasteiger partial charge in [0.25, 0.3) is 0 Å². The fourth-order valence-corrected chi connectivity index (χ4v) is 3.43. The van der Waals surface area contributed by atoms with E-state index in [1.54, 1.807) is 11.3 Å². The molecule has 1 atom stereocenters. The molecule has 0 amide bonds. The third kappa shape index (κ3) is 4.34. The maximum atomic E-state index is 4.58. The van der Waals surface area contributed by atoms with E-state index in [-0.39, 0.29) is 0 Å². The van der Waals surface area contributed by atoms with Gasteiger partial charge in [0.1, 0.15) is 5.01 Å². The van der Waals surface area contributed by atoms with Crippen LogP contribution in [0, 0.1) is 12.8 Å². The minimum Gasteiger partial charge on any atom is -0.313 e. The molecule has 1 unspecified atom stereocenters. The lowest BCUT2D eigenvalue weighted by Crippen LogP contribution is -2.38. The van der Waals surface area contributed by atoms with Crippen LogP contribution in [0.25, 0.3) is 0 Å². The van der Waals surface area contributed by atoms with Crippen molar-refractivity contribution in [2.24, 2.45) is 5.92 Å². The second-order valence-electron chi connectivity index (χ2n) is 5.75. The van der Waals surface area contributed by atoms with Crippen molar-refractivity contribution in [2.45, 2.75) is 46.2 Å². The summed E-state index contributed by atoms with van der Waals surface area (Å²) in [6.45, 7) is 11.2. The van der Waals surface area contributed by atoms with Gasteiger partial charge in [-0.15, -0.1) is 11.3 Å². The van der Waals surface area contributed by atoms with Crippen LogP contribution in [0.15, 0.2) is 5.38 Å². The minimum absolute atomic E-state index is 0.647. The van der Waals surface area contributed by atoms with Gasteiger partial charge in [0.2, 0.25) is 0 Å². The van der Waals surface area contributed by atoms with Crippen LogP contribution in [0.1, 0.15) is 37.4 Å². The van der Waals surface area contributed by atoms with E-state index < -0.39 is 0 Å². The summed E-state index contributed by atoms with van der Waals surface area (Å²) in [5.41, 5.74) is 1.15. The van der Waals surface area contributed by atoms with Crippen molar-refractivity contribution in [3.63, 3.8) is 0 Å². The first kappa shape index (κ1) is 14.0. The molecule has 2 rings (SSSR count). The Balaban J connectivity index is 1.90. The predicted molar refractivity (Wildman–Crippen MR) is 78.0 cm³/mol. The summed E-state index contributed by atoms with van der Waals surface area (Å²) in [5.74, 6) is 0.768. The molecule has 0 saturated carbocycles. The van der Waals surface area contributed by atoms with E-state index in [4.69, 9.17) is 0 Å². The van der Waals surface area contributed by atoms with Crippen LogP contribution in [-0.2, 0) is 6.54 Å². The molecule has 1 N–H and O–H groups in total. The number of aromatic nitrogens is 1. The summed E-state index contributed by atoms with van der Waals surface area (Å²) in [7, 11) is 0. The van der Waals surface area contributed by atoms with Crippen LogP contribution < -0.4 is 5.32 Å². The number of rotatable bonds is 4. The Morgan fingerprint density at radius 3 is 3.06 bits per heavy atom. The van der Waals surface area contributed by atoms with Crippen LogP contribution in [0.5, 0.6) is 0 Å². The number of hydrogen-bond donors (Lipinski definition) is 1. The molecule has 1 aromatic rings. The molecule has 0 aliphatic carbocycles. The molecule has 1 fully saturated rings. The zero-order valence-electron chi connectivity index (χ0n) is 11.8. The minimum atomic E-state index is 0.647. The van der Waals surface area contributed by atoms with Gasteiger partial charge in [-0.25, -0.2) is 4.98 Å². The molecule has 1 aliphatic rings. The van der Waals surface area contributed by atoms with Gasteiger partial charge >= 0.3 is 0 Å². The first-order valence-electron chi connectivity index (χ1n) is 7.00. The molecule has 0 bridgehead atoms. The maximum absolute atomic E-state index is 4.58. The molecule has 0 spiro atoms. The highest BCUT2D eigenvalue weighted by Gasteiger charge is 2.19. The molecular weight excluding hydrogens is 242 g/mol. The van der Waals surface area contributed by atoms with Crippen molar-refractivity contribution in [3.05, 3.63) is 16.1 Å². The third-order valence-corrected chi connectivity index (χ3v) is 4.30. The topological polar surface area (TPSA) is 28.2 Å². The van der Waals surface area contributed by atoms with Gasteiger partial charge in [0.15, 0.2) is 0 Å². The fourth-order valence-electron chi connectivity index (χ4n) is 2.61. The van der Waals surface area contributed by atoms with Crippen molar-refractivity contribution in [1.82, 2.24) is 15.2 Å². The predicted octanol–water partition coefficient (Wildman–Crippen LogP) is 2.66. The summed E-state index contributed by atoms with van der Waals surface area (Å²) >= 11 is 1.79. The van der Waals surface area contributed by atoms with Crippen molar-refractivity contribution in [2.75, 3.05) is 19.6 Å². The van der Waals surface area contributed by atoms with Crippen LogP contribution >= 0.6 is 11.3 Å². The van der Waals surface area contributed by atoms with Crippen molar-refractivity contribution in [3.8, 4) is 0 Å². The van der Waals surface area contributed by atoms with Crippen LogP contribution in [0.3, 0.4) is 0 Å². The molecule has 1 saturated heterocycles. The van der Waals surface area contributed by atoms with E-state index in [9.17, 15) is 0 Å². The zero-order valence-corrected chi connectivity index (χ0v) is 12.6. The van der Waals surface area contributed by atoms with Gasteiger partial charge in [0.05, 0.1) is 6.54 Å². The second-order valence-corrected chi connectivity index (χ2v) is 6.69. The van der Waals surface area contributed by atoms with E-state index in [1.165, 1.54) is 24.4 Å². The molecule has 102 valence electrons. The average molecular weight is 267 g/mol. The number of nitrogens with zero attached hydrogens (tertiary/aromatic N) is 2. The highest BCUT2D eigenvalue weighted by atomic mass is 32.1. The first-order valence-corrected chi connectivity index (χ1v) is 7.88. The Hall–Kier alpha value is -0.450. The van der Waals surface area contributed by atoms with Crippen LogP contribution in [0.4, 0.5) is 0 Å². The SMILES string of the molecule is Cc1csc(CN2CCCNC(CC(C)C)C2)n1. The van der Waals surface area contributed by atoms with Gasteiger partial charge in [-0.2, -0.15) is 0 Å². The standard InChI is InChI=1S/C14H25N3S/c1-11(2)7-13-8-17(6-4-5-15-13)9-14-16-12(3)10-18-14/h10-11,13,15H,4-9H2,1-3H3. The Bertz CT molecular complexity index is 362. The van der Waals surface area contributed by atoms with E-state index in [2.05, 4.69) is 41.4 Å². The fraction of sp³-hybridized carbons (Fsp3) is 0.786. The van der Waals surface area contributed by atoms with E-state index in [1.807, 2.05) is 0 Å². The summed E-state index contributed by atoms with van der Waals surface area (Å²) in [6.07, 6.45) is 2.52. The Labute approximate surface area is 115 Å². The van der Waals surface area contributed by atoms with Gasteiger partial charge in [-0.3, -0.25) is 4.90 Å². The number of hydrogen-bond acceptors (Lipinski definition) is 4. The Morgan fingerprint density at radius 1 is 1.56 bits per heavy atom. The van der Waals surface area contributed by atoms with E-state index in [0.717, 1.165) is 31.2 Å². The van der Waals surface area contributed by atoms with Crippen molar-refractivity contribution < 1.29 is 0 Å². The summed E-state index contributed by atoms with van der Waals surface area (Å²) in [4.78, 5) is 7.14. The van der Waals surface area contributed by atoms with Gasteiger partial charge < -0.3 is 5.32 Å². The van der Waals surface area contributed by atoms with Crippen molar-refractivity contribution >= 4 is 11.3 Å². The number of thiazole rings is 1. The molecular formula is C14H25N3S. The van der Waals surface area contributed by atoms with E-state index in [0.29, 0.717) is 6.04 Å². The molecule has 0 aromatic carbocycles. The van der Waals surface area contributed by atoms with Crippen LogP contribution in [-0.4, -0.2) is 35.6 Å². The highest BCUT2D eigenvalue weighted by molar-refractivity contribution is 7.09. The quantitative estimate of drug-likeness (QED) is 0.909. The molecule has 3 nitrogen and oxygen atoms in total. The molecule has 0 radical (unpaired) electrons. The second kappa shape index (κ2) is 6.64. The normalized spacial score (nSPS) is 22.3. The Morgan fingerprint density at radius 2 is 2.39 bits per heavy atom. The smallest absolute Gasteiger partial charge is 0.107 e. The lowest BCUT2D eigenvalue weighted by atomic mass is 10.0. The summed E-state index contributed by atoms with van der Waals surface area (Å²) in [6, 6.07) is 0.647. The number of aryl methyl sites for hydroxylation is 1. The number of nitrogens with one attached hydrogen (secondary N) is 1. The monoisotopic (exact) mass is 267 g/mol. The molecule has 1 aromatic heterocycles. The zero-order chi connectivity index (χ0) is 13.0. The molecule has 1 aliphatic heterocycles. The van der Waals surface area contributed by atoms with E-state index >= 15 is 0 Å². The third-order valence-electron chi connectivity index (χ3n) is 3.34. The molecule has 2 heterocycles. The van der Waals surface area contributed by atoms with Gasteiger partial charge in [-0.05, 0) is 38.8 Å². The maximum Gasteiger partial charge on any atom is 0.107 e.